The van der Waals surface area contributed by atoms with Gasteiger partial charge >= 0.3 is 0 Å². The van der Waals surface area contributed by atoms with Gasteiger partial charge in [-0.2, -0.15) is 0 Å². The van der Waals surface area contributed by atoms with Crippen molar-refractivity contribution >= 4 is 0 Å². The fraction of sp³-hybridized carbons (Fsp3) is 0.368. The Balaban J connectivity index is 2.11. The van der Waals surface area contributed by atoms with Crippen LogP contribution in [-0.4, -0.2) is 13.1 Å². The molecule has 0 saturated heterocycles. The quantitative estimate of drug-likeness (QED) is 0.864. The Hall–Kier alpha value is -1.60. The molecule has 1 nitrogen and oxygen atoms in total. The molecule has 0 aliphatic rings. The Labute approximate surface area is 123 Å². The first kappa shape index (κ1) is 14.8. The number of benzene rings is 2. The molecule has 0 bridgehead atoms. The first-order chi connectivity index (χ1) is 9.58. The molecule has 0 radical (unpaired) electrons. The molecule has 0 heterocycles. The van der Waals surface area contributed by atoms with Gasteiger partial charge in [0, 0.05) is 6.04 Å². The van der Waals surface area contributed by atoms with Crippen LogP contribution in [0.4, 0.5) is 0 Å². The third-order valence-electron chi connectivity index (χ3n) is 3.90. The van der Waals surface area contributed by atoms with Gasteiger partial charge in [-0.25, -0.2) is 0 Å². The third-order valence-corrected chi connectivity index (χ3v) is 3.90. The number of aryl methyl sites for hydroxylation is 3. The first-order valence-corrected chi connectivity index (χ1v) is 7.37. The molecule has 2 rings (SSSR count). The number of hydrogen-bond donors (Lipinski definition) is 1. The second-order valence-corrected chi connectivity index (χ2v) is 5.82. The van der Waals surface area contributed by atoms with Crippen molar-refractivity contribution in [1.29, 1.82) is 0 Å². The van der Waals surface area contributed by atoms with E-state index in [1.165, 1.54) is 27.8 Å². The molecule has 1 heteroatoms. The van der Waals surface area contributed by atoms with Crippen molar-refractivity contribution in [1.82, 2.24) is 5.32 Å². The highest BCUT2D eigenvalue weighted by molar-refractivity contribution is 5.30. The Morgan fingerprint density at radius 1 is 0.900 bits per heavy atom. The lowest BCUT2D eigenvalue weighted by Crippen LogP contribution is -2.30. The van der Waals surface area contributed by atoms with Crippen LogP contribution in [-0.2, 0) is 12.8 Å². The van der Waals surface area contributed by atoms with Crippen molar-refractivity contribution in [3.05, 3.63) is 70.3 Å². The molecule has 1 N–H and O–H groups in total. The fourth-order valence-electron chi connectivity index (χ4n) is 2.85. The van der Waals surface area contributed by atoms with Gasteiger partial charge in [-0.1, -0.05) is 53.6 Å². The minimum atomic E-state index is 0.484. The van der Waals surface area contributed by atoms with Gasteiger partial charge in [0.05, 0.1) is 0 Å². The van der Waals surface area contributed by atoms with Gasteiger partial charge in [0.1, 0.15) is 0 Å². The number of nitrogens with one attached hydrogen (secondary N) is 1. The van der Waals surface area contributed by atoms with Crippen LogP contribution in [0.2, 0.25) is 0 Å². The van der Waals surface area contributed by atoms with Gasteiger partial charge in [0.2, 0.25) is 0 Å². The summed E-state index contributed by atoms with van der Waals surface area (Å²) in [5.74, 6) is 0. The first-order valence-electron chi connectivity index (χ1n) is 7.37. The summed E-state index contributed by atoms with van der Waals surface area (Å²) in [4.78, 5) is 0. The molecule has 0 spiro atoms. The van der Waals surface area contributed by atoms with Crippen molar-refractivity contribution < 1.29 is 0 Å². The molecule has 2 aromatic carbocycles. The zero-order valence-electron chi connectivity index (χ0n) is 13.0. The molecule has 1 atom stereocenters. The fourth-order valence-corrected chi connectivity index (χ4v) is 2.85. The predicted molar refractivity (Wildman–Crippen MR) is 87.4 cm³/mol. The minimum Gasteiger partial charge on any atom is -0.316 e. The van der Waals surface area contributed by atoms with Crippen molar-refractivity contribution in [2.45, 2.75) is 39.7 Å². The highest BCUT2D eigenvalue weighted by Crippen LogP contribution is 2.15. The Morgan fingerprint density at radius 3 is 2.15 bits per heavy atom. The van der Waals surface area contributed by atoms with Crippen molar-refractivity contribution in [2.24, 2.45) is 0 Å². The number of rotatable bonds is 5. The summed E-state index contributed by atoms with van der Waals surface area (Å²) < 4.78 is 0. The van der Waals surface area contributed by atoms with E-state index in [-0.39, 0.29) is 0 Å². The lowest BCUT2D eigenvalue weighted by atomic mass is 9.95. The minimum absolute atomic E-state index is 0.484. The van der Waals surface area contributed by atoms with E-state index < -0.39 is 0 Å². The second-order valence-electron chi connectivity index (χ2n) is 5.82. The maximum absolute atomic E-state index is 3.47. The normalized spacial score (nSPS) is 12.4. The van der Waals surface area contributed by atoms with Crippen LogP contribution in [0.1, 0.15) is 27.8 Å². The predicted octanol–water partition coefficient (Wildman–Crippen LogP) is 3.99. The molecule has 0 saturated carbocycles. The van der Waals surface area contributed by atoms with Gasteiger partial charge in [0.25, 0.3) is 0 Å². The van der Waals surface area contributed by atoms with Gasteiger partial charge in [0.15, 0.2) is 0 Å². The summed E-state index contributed by atoms with van der Waals surface area (Å²) in [6, 6.07) is 16.0. The van der Waals surface area contributed by atoms with Crippen molar-refractivity contribution in [2.75, 3.05) is 7.05 Å². The monoisotopic (exact) mass is 267 g/mol. The Bertz CT molecular complexity index is 551. The van der Waals surface area contributed by atoms with Gasteiger partial charge in [-0.05, 0) is 57.4 Å². The molecule has 106 valence electrons. The number of hydrogen-bond acceptors (Lipinski definition) is 1. The molecule has 20 heavy (non-hydrogen) atoms. The van der Waals surface area contributed by atoms with E-state index in [4.69, 9.17) is 0 Å². The SMILES string of the molecule is CNC(Cc1cc(C)cc(C)c1)Cc1ccccc1C. The smallest absolute Gasteiger partial charge is 0.0145 e. The summed E-state index contributed by atoms with van der Waals surface area (Å²) in [7, 11) is 2.06. The highest BCUT2D eigenvalue weighted by atomic mass is 14.9. The van der Waals surface area contributed by atoms with Crippen molar-refractivity contribution in [3.63, 3.8) is 0 Å². The summed E-state index contributed by atoms with van der Waals surface area (Å²) in [6.45, 7) is 6.54. The zero-order chi connectivity index (χ0) is 14.5. The average molecular weight is 267 g/mol. The van der Waals surface area contributed by atoms with E-state index in [2.05, 4.69) is 75.6 Å². The van der Waals surface area contributed by atoms with E-state index in [0.717, 1.165) is 12.8 Å². The van der Waals surface area contributed by atoms with E-state index in [0.29, 0.717) is 6.04 Å². The Kier molecular flexibility index (Phi) is 4.97. The van der Waals surface area contributed by atoms with Crippen LogP contribution in [0.3, 0.4) is 0 Å². The van der Waals surface area contributed by atoms with Crippen LogP contribution in [0.5, 0.6) is 0 Å². The highest BCUT2D eigenvalue weighted by Gasteiger charge is 2.10. The molecular formula is C19H25N. The van der Waals surface area contributed by atoms with Crippen LogP contribution >= 0.6 is 0 Å². The summed E-state index contributed by atoms with van der Waals surface area (Å²) in [6.07, 6.45) is 2.16. The van der Waals surface area contributed by atoms with Gasteiger partial charge in [-0.15, -0.1) is 0 Å². The van der Waals surface area contributed by atoms with Crippen LogP contribution < -0.4 is 5.32 Å². The topological polar surface area (TPSA) is 12.0 Å². The molecule has 0 aliphatic carbocycles. The summed E-state index contributed by atoms with van der Waals surface area (Å²) in [5, 5.41) is 3.47. The lowest BCUT2D eigenvalue weighted by molar-refractivity contribution is 0.555. The average Bonchev–Trinajstić information content (AvgIpc) is 2.39. The molecule has 0 fully saturated rings. The van der Waals surface area contributed by atoms with Crippen LogP contribution in [0.25, 0.3) is 0 Å². The largest absolute Gasteiger partial charge is 0.316 e. The molecular weight excluding hydrogens is 242 g/mol. The molecule has 0 aromatic heterocycles. The molecule has 0 aliphatic heterocycles. The maximum Gasteiger partial charge on any atom is 0.0145 e. The standard InChI is InChI=1S/C19H25N/c1-14-9-15(2)11-17(10-14)12-19(20-4)13-18-8-6-5-7-16(18)3/h5-11,19-20H,12-13H2,1-4H3. The summed E-state index contributed by atoms with van der Waals surface area (Å²) in [5.41, 5.74) is 6.95. The second kappa shape index (κ2) is 6.71. The Morgan fingerprint density at radius 2 is 1.55 bits per heavy atom. The zero-order valence-corrected chi connectivity index (χ0v) is 13.0. The van der Waals surface area contributed by atoms with E-state index in [1.807, 2.05) is 0 Å². The van der Waals surface area contributed by atoms with E-state index >= 15 is 0 Å². The van der Waals surface area contributed by atoms with E-state index in [9.17, 15) is 0 Å². The van der Waals surface area contributed by atoms with Crippen LogP contribution in [0, 0.1) is 20.8 Å². The molecule has 1 unspecified atom stereocenters. The van der Waals surface area contributed by atoms with Gasteiger partial charge < -0.3 is 5.32 Å². The van der Waals surface area contributed by atoms with E-state index in [1.54, 1.807) is 0 Å². The molecule has 2 aromatic rings. The number of likely N-dealkylation sites (N-methyl/N-ethyl adjacent to an activating group) is 1. The lowest BCUT2D eigenvalue weighted by Gasteiger charge is -2.18. The van der Waals surface area contributed by atoms with Crippen molar-refractivity contribution in [3.8, 4) is 0 Å². The van der Waals surface area contributed by atoms with Gasteiger partial charge in [-0.3, -0.25) is 0 Å². The molecule has 0 amide bonds. The maximum atomic E-state index is 3.47. The summed E-state index contributed by atoms with van der Waals surface area (Å²) >= 11 is 0. The van der Waals surface area contributed by atoms with Crippen LogP contribution in [0.15, 0.2) is 42.5 Å². The third kappa shape index (κ3) is 3.94.